The number of rotatable bonds is 5. The first-order chi connectivity index (χ1) is 10.1. The smallest absolute Gasteiger partial charge is 0.307 e. The molecule has 1 amide bonds. The Kier molecular flexibility index (Phi) is 5.37. The Balaban J connectivity index is 1.90. The third-order valence-electron chi connectivity index (χ3n) is 4.37. The third-order valence-corrected chi connectivity index (χ3v) is 4.37. The zero-order valence-electron chi connectivity index (χ0n) is 12.4. The van der Waals surface area contributed by atoms with Crippen molar-refractivity contribution >= 4 is 11.9 Å². The van der Waals surface area contributed by atoms with E-state index in [0.29, 0.717) is 19.4 Å². The molecule has 0 spiro atoms. The van der Waals surface area contributed by atoms with E-state index in [2.05, 4.69) is 12.2 Å². The predicted molar refractivity (Wildman–Crippen MR) is 81.0 cm³/mol. The monoisotopic (exact) mass is 289 g/mol. The quantitative estimate of drug-likeness (QED) is 0.876. The van der Waals surface area contributed by atoms with Crippen molar-refractivity contribution in [2.24, 2.45) is 11.8 Å². The number of carbonyl (C=O) groups is 2. The van der Waals surface area contributed by atoms with Crippen molar-refractivity contribution in [2.75, 3.05) is 6.54 Å². The van der Waals surface area contributed by atoms with Gasteiger partial charge >= 0.3 is 5.97 Å². The molecule has 2 rings (SSSR count). The van der Waals surface area contributed by atoms with Crippen molar-refractivity contribution in [3.05, 3.63) is 35.9 Å². The maximum absolute atomic E-state index is 12.3. The van der Waals surface area contributed by atoms with Gasteiger partial charge in [-0.2, -0.15) is 0 Å². The van der Waals surface area contributed by atoms with E-state index >= 15 is 0 Å². The predicted octanol–water partition coefficient (Wildman–Crippen LogP) is 2.80. The molecule has 0 radical (unpaired) electrons. The van der Waals surface area contributed by atoms with Gasteiger partial charge in [0.05, 0.1) is 11.8 Å². The number of nitrogens with one attached hydrogen (secondary N) is 1. The molecule has 4 heteroatoms. The number of benzene rings is 1. The van der Waals surface area contributed by atoms with Gasteiger partial charge in [-0.05, 0) is 24.3 Å². The molecule has 114 valence electrons. The largest absolute Gasteiger partial charge is 0.481 e. The molecule has 0 heterocycles. The standard InChI is InChI=1S/C17H23NO3/c1-12(13-7-3-2-4-8-13)11-18-16(19)14-9-5-6-10-15(14)17(20)21/h2-4,7-8,12,14-15H,5-6,9-11H2,1H3,(H,18,19)(H,20,21)/t12-,14+,15-/m1/s1. The van der Waals surface area contributed by atoms with E-state index in [1.807, 2.05) is 30.3 Å². The van der Waals surface area contributed by atoms with Crippen molar-refractivity contribution in [1.82, 2.24) is 5.32 Å². The maximum Gasteiger partial charge on any atom is 0.307 e. The van der Waals surface area contributed by atoms with Gasteiger partial charge in [-0.1, -0.05) is 50.1 Å². The molecule has 1 fully saturated rings. The zero-order valence-corrected chi connectivity index (χ0v) is 12.4. The van der Waals surface area contributed by atoms with Crippen LogP contribution in [-0.4, -0.2) is 23.5 Å². The normalized spacial score (nSPS) is 23.3. The van der Waals surface area contributed by atoms with E-state index in [9.17, 15) is 14.7 Å². The Labute approximate surface area is 125 Å². The number of aliphatic carboxylic acids is 1. The lowest BCUT2D eigenvalue weighted by Crippen LogP contribution is -2.40. The first-order valence-corrected chi connectivity index (χ1v) is 7.65. The van der Waals surface area contributed by atoms with Crippen LogP contribution in [0.25, 0.3) is 0 Å². The van der Waals surface area contributed by atoms with Gasteiger partial charge in [0, 0.05) is 6.54 Å². The number of carbonyl (C=O) groups excluding carboxylic acids is 1. The summed E-state index contributed by atoms with van der Waals surface area (Å²) < 4.78 is 0. The van der Waals surface area contributed by atoms with Crippen LogP contribution >= 0.6 is 0 Å². The molecule has 2 N–H and O–H groups in total. The van der Waals surface area contributed by atoms with Gasteiger partial charge < -0.3 is 10.4 Å². The maximum atomic E-state index is 12.3. The molecule has 1 aliphatic carbocycles. The van der Waals surface area contributed by atoms with Gasteiger partial charge in [0.15, 0.2) is 0 Å². The molecule has 1 aromatic carbocycles. The average molecular weight is 289 g/mol. The highest BCUT2D eigenvalue weighted by Crippen LogP contribution is 2.30. The molecule has 21 heavy (non-hydrogen) atoms. The molecule has 1 aromatic rings. The summed E-state index contributed by atoms with van der Waals surface area (Å²) in [6.45, 7) is 2.61. The van der Waals surface area contributed by atoms with Crippen LogP contribution in [0.5, 0.6) is 0 Å². The number of carboxylic acids is 1. The minimum absolute atomic E-state index is 0.107. The molecule has 0 aliphatic heterocycles. The first kappa shape index (κ1) is 15.5. The van der Waals surface area contributed by atoms with E-state index in [4.69, 9.17) is 0 Å². The molecule has 4 nitrogen and oxygen atoms in total. The fourth-order valence-corrected chi connectivity index (χ4v) is 3.02. The van der Waals surface area contributed by atoms with Crippen LogP contribution in [0.2, 0.25) is 0 Å². The van der Waals surface area contributed by atoms with Gasteiger partial charge in [0.25, 0.3) is 0 Å². The summed E-state index contributed by atoms with van der Waals surface area (Å²) in [7, 11) is 0. The average Bonchev–Trinajstić information content (AvgIpc) is 2.53. The third kappa shape index (κ3) is 4.06. The highest BCUT2D eigenvalue weighted by molar-refractivity contribution is 5.84. The van der Waals surface area contributed by atoms with E-state index in [0.717, 1.165) is 12.8 Å². The van der Waals surface area contributed by atoms with Crippen molar-refractivity contribution in [1.29, 1.82) is 0 Å². The lowest BCUT2D eigenvalue weighted by atomic mass is 9.78. The molecular weight excluding hydrogens is 266 g/mol. The van der Waals surface area contributed by atoms with E-state index in [-0.39, 0.29) is 17.7 Å². The summed E-state index contributed by atoms with van der Waals surface area (Å²) in [6.07, 6.45) is 3.14. The van der Waals surface area contributed by atoms with Crippen molar-refractivity contribution in [2.45, 2.75) is 38.5 Å². The van der Waals surface area contributed by atoms with Gasteiger partial charge in [0.2, 0.25) is 5.91 Å². The fraction of sp³-hybridized carbons (Fsp3) is 0.529. The highest BCUT2D eigenvalue weighted by Gasteiger charge is 2.35. The Bertz CT molecular complexity index is 486. The second kappa shape index (κ2) is 7.25. The van der Waals surface area contributed by atoms with Crippen LogP contribution in [0, 0.1) is 11.8 Å². The SMILES string of the molecule is C[C@H](CNC(=O)[C@H]1CCCC[C@H]1C(=O)O)c1ccccc1. The number of hydrogen-bond donors (Lipinski definition) is 2. The Morgan fingerprint density at radius 2 is 1.81 bits per heavy atom. The molecule has 0 bridgehead atoms. The second-order valence-electron chi connectivity index (χ2n) is 5.89. The first-order valence-electron chi connectivity index (χ1n) is 7.65. The summed E-state index contributed by atoms with van der Waals surface area (Å²) in [6, 6.07) is 10.0. The Hall–Kier alpha value is -1.84. The number of hydrogen-bond acceptors (Lipinski definition) is 2. The van der Waals surface area contributed by atoms with E-state index in [1.165, 1.54) is 5.56 Å². The van der Waals surface area contributed by atoms with Crippen LogP contribution in [0.4, 0.5) is 0 Å². The topological polar surface area (TPSA) is 66.4 Å². The summed E-state index contributed by atoms with van der Waals surface area (Å²) in [4.78, 5) is 23.5. The molecular formula is C17H23NO3. The lowest BCUT2D eigenvalue weighted by Gasteiger charge is -2.28. The second-order valence-corrected chi connectivity index (χ2v) is 5.89. The summed E-state index contributed by atoms with van der Waals surface area (Å²) >= 11 is 0. The van der Waals surface area contributed by atoms with Crippen molar-refractivity contribution in [3.8, 4) is 0 Å². The van der Waals surface area contributed by atoms with Gasteiger partial charge in [-0.25, -0.2) is 0 Å². The lowest BCUT2D eigenvalue weighted by molar-refractivity contribution is -0.148. The molecule has 0 aromatic heterocycles. The van der Waals surface area contributed by atoms with Gasteiger partial charge in [-0.3, -0.25) is 9.59 Å². The molecule has 1 saturated carbocycles. The van der Waals surface area contributed by atoms with Gasteiger partial charge in [-0.15, -0.1) is 0 Å². The Morgan fingerprint density at radius 3 is 2.43 bits per heavy atom. The Morgan fingerprint density at radius 1 is 1.19 bits per heavy atom. The molecule has 3 atom stereocenters. The number of carboxylic acid groups (broad SMARTS) is 1. The fourth-order valence-electron chi connectivity index (χ4n) is 3.02. The zero-order chi connectivity index (χ0) is 15.2. The van der Waals surface area contributed by atoms with Crippen LogP contribution in [0.1, 0.15) is 44.1 Å². The minimum Gasteiger partial charge on any atom is -0.481 e. The summed E-state index contributed by atoms with van der Waals surface area (Å²) in [5.74, 6) is -1.62. The van der Waals surface area contributed by atoms with E-state index < -0.39 is 11.9 Å². The minimum atomic E-state index is -0.842. The molecule has 0 unspecified atom stereocenters. The van der Waals surface area contributed by atoms with Crippen LogP contribution in [0.15, 0.2) is 30.3 Å². The van der Waals surface area contributed by atoms with Crippen molar-refractivity contribution in [3.63, 3.8) is 0 Å². The summed E-state index contributed by atoms with van der Waals surface area (Å²) in [5.41, 5.74) is 1.18. The van der Waals surface area contributed by atoms with Crippen LogP contribution in [0.3, 0.4) is 0 Å². The molecule has 1 aliphatic rings. The summed E-state index contributed by atoms with van der Waals surface area (Å²) in [5, 5.41) is 12.2. The van der Waals surface area contributed by atoms with Crippen LogP contribution in [-0.2, 0) is 9.59 Å². The van der Waals surface area contributed by atoms with Gasteiger partial charge in [0.1, 0.15) is 0 Å². The van der Waals surface area contributed by atoms with Crippen molar-refractivity contribution < 1.29 is 14.7 Å². The highest BCUT2D eigenvalue weighted by atomic mass is 16.4. The van der Waals surface area contributed by atoms with Crippen LogP contribution < -0.4 is 5.32 Å². The molecule has 0 saturated heterocycles. The number of amides is 1. The van der Waals surface area contributed by atoms with E-state index in [1.54, 1.807) is 0 Å².